The standard InChI is InChI=1S/C8H16O2.C2H5.Pt/c1-3-5-6-7(4-2)8(9)10;1-2;/h7H,3-6H2,1-2H3,(H,9,10);1H2,2H3;/q;-1;+2/p-1. The van der Waals surface area contributed by atoms with Crippen LogP contribution in [0.25, 0.3) is 0 Å². The summed E-state index contributed by atoms with van der Waals surface area (Å²) in [6, 6.07) is 0. The molecule has 0 heterocycles. The van der Waals surface area contributed by atoms with Crippen LogP contribution in [0.15, 0.2) is 0 Å². The van der Waals surface area contributed by atoms with E-state index in [1.54, 1.807) is 6.92 Å². The molecule has 1 unspecified atom stereocenters. The van der Waals surface area contributed by atoms with Crippen LogP contribution in [0.2, 0.25) is 0 Å². The number of carboxylic acids is 1. The Hall–Kier alpha value is 0.158. The molecule has 3 heteroatoms. The summed E-state index contributed by atoms with van der Waals surface area (Å²) in [6.45, 7) is 8.94. The van der Waals surface area contributed by atoms with Gasteiger partial charge in [0.15, 0.2) is 0 Å². The maximum absolute atomic E-state index is 10.3. The number of carboxylic acid groups (broad SMARTS) is 1. The maximum atomic E-state index is 10.3. The van der Waals surface area contributed by atoms with Gasteiger partial charge in [0, 0.05) is 5.97 Å². The summed E-state index contributed by atoms with van der Waals surface area (Å²) < 4.78 is 0. The third-order valence-corrected chi connectivity index (χ3v) is 1.73. The molecule has 1 atom stereocenters. The summed E-state index contributed by atoms with van der Waals surface area (Å²) in [4.78, 5) is 10.3. The van der Waals surface area contributed by atoms with Crippen molar-refractivity contribution in [3.05, 3.63) is 6.92 Å². The quantitative estimate of drug-likeness (QED) is 0.695. The number of carbonyl (C=O) groups excluding carboxylic acids is 1. The molecule has 0 bridgehead atoms. The van der Waals surface area contributed by atoms with Gasteiger partial charge in [-0.1, -0.05) is 26.7 Å². The third-order valence-electron chi connectivity index (χ3n) is 1.73. The zero-order chi connectivity index (χ0) is 9.98. The Kier molecular flexibility index (Phi) is 21.3. The number of hydrogen-bond donors (Lipinski definition) is 0. The molecule has 0 saturated heterocycles. The summed E-state index contributed by atoms with van der Waals surface area (Å²) >= 11 is 0. The van der Waals surface area contributed by atoms with E-state index in [-0.39, 0.29) is 27.0 Å². The van der Waals surface area contributed by atoms with Gasteiger partial charge in [-0.25, -0.2) is 0 Å². The molecule has 0 fully saturated rings. The number of aliphatic carboxylic acids is 1. The van der Waals surface area contributed by atoms with Crippen molar-refractivity contribution in [2.24, 2.45) is 5.92 Å². The molecule has 0 aromatic carbocycles. The first kappa shape index (κ1) is 18.8. The molecule has 82 valence electrons. The Balaban J connectivity index is -0.000000309. The molecule has 0 rings (SSSR count). The SMILES string of the molecule is CCCCC(CC)C(=O)[O-].[CH2-]C.[Pt+2]. The van der Waals surface area contributed by atoms with Crippen LogP contribution in [0.3, 0.4) is 0 Å². The smallest absolute Gasteiger partial charge is 0.550 e. The van der Waals surface area contributed by atoms with Crippen LogP contribution in [0, 0.1) is 12.8 Å². The largest absolute Gasteiger partial charge is 2.00 e. The molecule has 0 aliphatic carbocycles. The van der Waals surface area contributed by atoms with Crippen molar-refractivity contribution in [1.82, 2.24) is 0 Å². The van der Waals surface area contributed by atoms with Crippen LogP contribution in [-0.2, 0) is 25.9 Å². The molecule has 0 N–H and O–H groups in total. The average Bonchev–Trinajstić information content (AvgIpc) is 2.09. The van der Waals surface area contributed by atoms with Gasteiger partial charge in [0.25, 0.3) is 0 Å². The molecule has 0 saturated carbocycles. The number of rotatable bonds is 5. The predicted molar refractivity (Wildman–Crippen MR) is 49.3 cm³/mol. The van der Waals surface area contributed by atoms with Gasteiger partial charge in [0.2, 0.25) is 0 Å². The van der Waals surface area contributed by atoms with Crippen molar-refractivity contribution in [2.75, 3.05) is 0 Å². The van der Waals surface area contributed by atoms with Crippen molar-refractivity contribution in [2.45, 2.75) is 46.5 Å². The summed E-state index contributed by atoms with van der Waals surface area (Å²) in [5.41, 5.74) is 0. The Morgan fingerprint density at radius 2 is 1.85 bits per heavy atom. The van der Waals surface area contributed by atoms with Crippen molar-refractivity contribution < 1.29 is 31.0 Å². The average molecular weight is 367 g/mol. The molecule has 0 aromatic rings. The molecule has 2 nitrogen and oxygen atoms in total. The van der Waals surface area contributed by atoms with Crippen LogP contribution in [0.1, 0.15) is 46.5 Å². The Bertz CT molecular complexity index is 105. The summed E-state index contributed by atoms with van der Waals surface area (Å²) in [5, 5.41) is 10.3. The first-order valence-electron chi connectivity index (χ1n) is 4.63. The number of hydrogen-bond acceptors (Lipinski definition) is 2. The van der Waals surface area contributed by atoms with Crippen molar-refractivity contribution in [3.63, 3.8) is 0 Å². The van der Waals surface area contributed by atoms with E-state index in [0.29, 0.717) is 6.42 Å². The van der Waals surface area contributed by atoms with Gasteiger partial charge in [0.1, 0.15) is 0 Å². The van der Waals surface area contributed by atoms with Crippen LogP contribution in [0.4, 0.5) is 0 Å². The van der Waals surface area contributed by atoms with Gasteiger partial charge >= 0.3 is 21.1 Å². The van der Waals surface area contributed by atoms with Crippen LogP contribution < -0.4 is 5.11 Å². The minimum Gasteiger partial charge on any atom is -0.550 e. The van der Waals surface area contributed by atoms with Crippen LogP contribution >= 0.6 is 0 Å². The molecule has 0 aromatic heterocycles. The van der Waals surface area contributed by atoms with Gasteiger partial charge in [-0.15, -0.1) is 0 Å². The van der Waals surface area contributed by atoms with E-state index in [9.17, 15) is 9.90 Å². The second-order valence-electron chi connectivity index (χ2n) is 2.57. The molecule has 0 aliphatic heterocycles. The first-order valence-corrected chi connectivity index (χ1v) is 4.63. The topological polar surface area (TPSA) is 40.1 Å². The third kappa shape index (κ3) is 12.2. The van der Waals surface area contributed by atoms with E-state index in [1.807, 2.05) is 6.92 Å². The van der Waals surface area contributed by atoms with Gasteiger partial charge in [-0.2, -0.15) is 6.92 Å². The minimum atomic E-state index is -0.893. The Labute approximate surface area is 96.4 Å². The molecule has 0 amide bonds. The second kappa shape index (κ2) is 14.7. The molecule has 0 spiro atoms. The molecular formula is C10H20O2Pt. The normalized spacial score (nSPS) is 10.5. The van der Waals surface area contributed by atoms with Crippen molar-refractivity contribution >= 4 is 5.97 Å². The fraction of sp³-hybridized carbons (Fsp3) is 0.800. The summed E-state index contributed by atoms with van der Waals surface area (Å²) in [6.07, 6.45) is 3.52. The minimum absolute atomic E-state index is 0. The zero-order valence-corrected chi connectivity index (χ0v) is 11.0. The van der Waals surface area contributed by atoms with Gasteiger partial charge in [-0.05, 0) is 18.8 Å². The predicted octanol–water partition coefficient (Wildman–Crippen LogP) is 1.79. The van der Waals surface area contributed by atoms with Crippen LogP contribution in [-0.4, -0.2) is 5.97 Å². The maximum Gasteiger partial charge on any atom is 2.00 e. The van der Waals surface area contributed by atoms with E-state index in [0.717, 1.165) is 19.3 Å². The molecular weight excluding hydrogens is 347 g/mol. The monoisotopic (exact) mass is 367 g/mol. The fourth-order valence-corrected chi connectivity index (χ4v) is 0.939. The van der Waals surface area contributed by atoms with Crippen molar-refractivity contribution in [3.8, 4) is 0 Å². The summed E-state index contributed by atoms with van der Waals surface area (Å²) in [7, 11) is 0. The fourth-order valence-electron chi connectivity index (χ4n) is 0.939. The van der Waals surface area contributed by atoms with E-state index in [2.05, 4.69) is 13.8 Å². The number of carbonyl (C=O) groups is 1. The zero-order valence-electron chi connectivity index (χ0n) is 8.75. The number of unbranched alkanes of at least 4 members (excludes halogenated alkanes) is 1. The molecule has 13 heavy (non-hydrogen) atoms. The van der Waals surface area contributed by atoms with Crippen molar-refractivity contribution in [1.29, 1.82) is 0 Å². The van der Waals surface area contributed by atoms with E-state index < -0.39 is 5.97 Å². The second-order valence-corrected chi connectivity index (χ2v) is 2.57. The Morgan fingerprint density at radius 3 is 2.08 bits per heavy atom. The van der Waals surface area contributed by atoms with E-state index in [4.69, 9.17) is 0 Å². The summed E-state index contributed by atoms with van der Waals surface area (Å²) in [5.74, 6) is -1.11. The van der Waals surface area contributed by atoms with Gasteiger partial charge < -0.3 is 16.8 Å². The van der Waals surface area contributed by atoms with Gasteiger partial charge in [0.05, 0.1) is 0 Å². The first-order chi connectivity index (χ1) is 5.72. The molecule has 0 radical (unpaired) electrons. The molecule has 0 aliphatic rings. The van der Waals surface area contributed by atoms with Crippen LogP contribution in [0.5, 0.6) is 0 Å². The van der Waals surface area contributed by atoms with E-state index >= 15 is 0 Å². The van der Waals surface area contributed by atoms with E-state index in [1.165, 1.54) is 0 Å². The Morgan fingerprint density at radius 1 is 1.38 bits per heavy atom. The van der Waals surface area contributed by atoms with Gasteiger partial charge in [-0.3, -0.25) is 0 Å².